The summed E-state index contributed by atoms with van der Waals surface area (Å²) in [5.41, 5.74) is 3.24. The van der Waals surface area contributed by atoms with Gasteiger partial charge in [-0.25, -0.2) is 0 Å². The molecule has 140 valence electrons. The number of fused-ring (bicyclic) bond motifs is 1. The van der Waals surface area contributed by atoms with E-state index in [0.29, 0.717) is 12.2 Å². The number of methoxy groups -OCH3 is 3. The van der Waals surface area contributed by atoms with Crippen LogP contribution in [-0.4, -0.2) is 50.0 Å². The second-order valence-electron chi connectivity index (χ2n) is 6.52. The lowest BCUT2D eigenvalue weighted by molar-refractivity contribution is 0.227. The minimum atomic E-state index is -0.0616. The Hall–Kier alpha value is -2.60. The number of hydrogen-bond donors (Lipinski definition) is 2. The summed E-state index contributed by atoms with van der Waals surface area (Å²) in [6, 6.07) is 7.45. The molecule has 2 aromatic carbocycles. The Labute approximate surface area is 153 Å². The fourth-order valence-electron chi connectivity index (χ4n) is 3.62. The van der Waals surface area contributed by atoms with E-state index in [-0.39, 0.29) is 23.3 Å². The molecule has 0 spiro atoms. The molecule has 2 aromatic rings. The van der Waals surface area contributed by atoms with Crippen LogP contribution in [0.2, 0.25) is 0 Å². The highest BCUT2D eigenvalue weighted by Gasteiger charge is 2.27. The lowest BCUT2D eigenvalue weighted by Gasteiger charge is -2.35. The molecule has 0 aliphatic carbocycles. The summed E-state index contributed by atoms with van der Waals surface area (Å²) < 4.78 is 15.9. The predicted octanol–water partition coefficient (Wildman–Crippen LogP) is 2.90. The molecule has 2 N–H and O–H groups in total. The Bertz CT molecular complexity index is 782. The van der Waals surface area contributed by atoms with Crippen LogP contribution >= 0.6 is 0 Å². The van der Waals surface area contributed by atoms with Crippen molar-refractivity contribution in [3.63, 3.8) is 0 Å². The second-order valence-corrected chi connectivity index (χ2v) is 6.52. The van der Waals surface area contributed by atoms with Crippen molar-refractivity contribution in [2.75, 3.05) is 34.9 Å². The van der Waals surface area contributed by atoms with E-state index >= 15 is 0 Å². The summed E-state index contributed by atoms with van der Waals surface area (Å²) in [4.78, 5) is 2.27. The van der Waals surface area contributed by atoms with Crippen molar-refractivity contribution < 1.29 is 24.4 Å². The van der Waals surface area contributed by atoms with Crippen LogP contribution in [0.5, 0.6) is 28.7 Å². The molecule has 26 heavy (non-hydrogen) atoms. The molecule has 0 saturated heterocycles. The van der Waals surface area contributed by atoms with Gasteiger partial charge in [-0.1, -0.05) is 0 Å². The molecular weight excluding hydrogens is 334 g/mol. The van der Waals surface area contributed by atoms with Crippen LogP contribution in [0.25, 0.3) is 0 Å². The molecule has 0 bridgehead atoms. The predicted molar refractivity (Wildman–Crippen MR) is 98.6 cm³/mol. The fourth-order valence-corrected chi connectivity index (χ4v) is 3.62. The number of hydrogen-bond acceptors (Lipinski definition) is 6. The largest absolute Gasteiger partial charge is 0.504 e. The summed E-state index contributed by atoms with van der Waals surface area (Å²) in [6.07, 6.45) is 1.58. The molecule has 1 aliphatic heterocycles. The van der Waals surface area contributed by atoms with E-state index < -0.39 is 0 Å². The van der Waals surface area contributed by atoms with Crippen LogP contribution in [0.1, 0.15) is 22.7 Å². The van der Waals surface area contributed by atoms with Gasteiger partial charge < -0.3 is 24.4 Å². The molecule has 1 unspecified atom stereocenters. The van der Waals surface area contributed by atoms with Gasteiger partial charge in [-0.2, -0.15) is 0 Å². The molecule has 6 heteroatoms. The quantitative estimate of drug-likeness (QED) is 0.855. The van der Waals surface area contributed by atoms with Gasteiger partial charge >= 0.3 is 0 Å². The van der Waals surface area contributed by atoms with Crippen molar-refractivity contribution in [2.45, 2.75) is 18.9 Å². The van der Waals surface area contributed by atoms with Crippen molar-refractivity contribution in [1.82, 2.24) is 4.90 Å². The summed E-state index contributed by atoms with van der Waals surface area (Å²) in [5, 5.41) is 20.2. The number of rotatable bonds is 5. The molecule has 1 atom stereocenters. The number of ether oxygens (including phenoxy) is 3. The Morgan fingerprint density at radius 3 is 2.15 bits per heavy atom. The van der Waals surface area contributed by atoms with E-state index in [1.165, 1.54) is 18.2 Å². The number of likely N-dealkylation sites (N-methyl/N-ethyl adjacent to an activating group) is 1. The third-order valence-electron chi connectivity index (χ3n) is 5.01. The van der Waals surface area contributed by atoms with Gasteiger partial charge in [0.2, 0.25) is 5.75 Å². The van der Waals surface area contributed by atoms with Crippen molar-refractivity contribution in [2.24, 2.45) is 0 Å². The molecule has 0 radical (unpaired) electrons. The molecule has 6 nitrogen and oxygen atoms in total. The van der Waals surface area contributed by atoms with Crippen LogP contribution in [0, 0.1) is 0 Å². The highest BCUT2D eigenvalue weighted by Crippen LogP contribution is 2.41. The summed E-state index contributed by atoms with van der Waals surface area (Å²) >= 11 is 0. The lowest BCUT2D eigenvalue weighted by atomic mass is 9.88. The van der Waals surface area contributed by atoms with E-state index in [1.54, 1.807) is 26.4 Å². The molecular formula is C20H25NO5. The van der Waals surface area contributed by atoms with Crippen LogP contribution in [0.4, 0.5) is 0 Å². The van der Waals surface area contributed by atoms with Gasteiger partial charge in [0.1, 0.15) is 0 Å². The van der Waals surface area contributed by atoms with Crippen LogP contribution in [0.3, 0.4) is 0 Å². The van der Waals surface area contributed by atoms with Gasteiger partial charge in [0, 0.05) is 12.6 Å². The first-order chi connectivity index (χ1) is 12.5. The first-order valence-electron chi connectivity index (χ1n) is 8.52. The summed E-state index contributed by atoms with van der Waals surface area (Å²) in [6.45, 7) is 0.918. The number of benzene rings is 2. The summed E-state index contributed by atoms with van der Waals surface area (Å²) in [5.74, 6) is 1.40. The summed E-state index contributed by atoms with van der Waals surface area (Å²) in [7, 11) is 6.76. The smallest absolute Gasteiger partial charge is 0.202 e. The van der Waals surface area contributed by atoms with Crippen LogP contribution in [0.15, 0.2) is 24.3 Å². The molecule has 0 saturated carbocycles. The molecule has 1 heterocycles. The third kappa shape index (κ3) is 3.24. The average molecular weight is 359 g/mol. The zero-order valence-corrected chi connectivity index (χ0v) is 15.6. The second kappa shape index (κ2) is 7.33. The lowest BCUT2D eigenvalue weighted by Crippen LogP contribution is -2.33. The zero-order chi connectivity index (χ0) is 18.8. The van der Waals surface area contributed by atoms with E-state index in [0.717, 1.165) is 24.3 Å². The van der Waals surface area contributed by atoms with Gasteiger partial charge in [-0.3, -0.25) is 4.90 Å². The molecule has 1 aliphatic rings. The minimum absolute atomic E-state index is 0.0616. The number of aromatic hydroxyl groups is 2. The Kier molecular flexibility index (Phi) is 5.13. The fraction of sp³-hybridized carbons (Fsp3) is 0.400. The Balaban J connectivity index is 1.99. The Morgan fingerprint density at radius 1 is 0.962 bits per heavy atom. The van der Waals surface area contributed by atoms with Crippen molar-refractivity contribution in [3.05, 3.63) is 41.0 Å². The minimum Gasteiger partial charge on any atom is -0.504 e. The maximum absolute atomic E-state index is 10.1. The van der Waals surface area contributed by atoms with Gasteiger partial charge in [0.15, 0.2) is 23.0 Å². The van der Waals surface area contributed by atoms with Crippen molar-refractivity contribution in [3.8, 4) is 28.7 Å². The maximum atomic E-state index is 10.1. The topological polar surface area (TPSA) is 71.4 Å². The maximum Gasteiger partial charge on any atom is 0.202 e. The number of phenolic OH excluding ortho intramolecular Hbond substituents is 2. The zero-order valence-electron chi connectivity index (χ0n) is 15.6. The molecule has 0 aromatic heterocycles. The van der Waals surface area contributed by atoms with Gasteiger partial charge in [0.05, 0.1) is 21.3 Å². The monoisotopic (exact) mass is 359 g/mol. The van der Waals surface area contributed by atoms with Gasteiger partial charge in [0.25, 0.3) is 0 Å². The van der Waals surface area contributed by atoms with Gasteiger partial charge in [-0.15, -0.1) is 0 Å². The van der Waals surface area contributed by atoms with Gasteiger partial charge in [-0.05, 0) is 60.8 Å². The normalized spacial score (nSPS) is 16.8. The molecule has 0 amide bonds. The van der Waals surface area contributed by atoms with E-state index in [9.17, 15) is 10.2 Å². The van der Waals surface area contributed by atoms with E-state index in [4.69, 9.17) is 14.2 Å². The van der Waals surface area contributed by atoms with E-state index in [1.807, 2.05) is 12.1 Å². The van der Waals surface area contributed by atoms with Crippen LogP contribution < -0.4 is 14.2 Å². The molecule has 0 fully saturated rings. The van der Waals surface area contributed by atoms with Crippen LogP contribution in [-0.2, 0) is 12.8 Å². The SMILES string of the molecule is COc1cc2c(cc1OC)C(Cc1cc(O)c(OC)c(O)c1)N(C)CC2. The third-order valence-corrected chi connectivity index (χ3v) is 5.01. The first kappa shape index (κ1) is 18.2. The van der Waals surface area contributed by atoms with Crippen molar-refractivity contribution >= 4 is 0 Å². The molecule has 3 rings (SSSR count). The first-order valence-corrected chi connectivity index (χ1v) is 8.52. The number of nitrogens with zero attached hydrogens (tertiary/aromatic N) is 1. The highest BCUT2D eigenvalue weighted by molar-refractivity contribution is 5.53. The standard InChI is InChI=1S/C20H25NO5/c1-21-6-5-13-10-18(24-2)19(25-3)11-14(13)15(21)7-12-8-16(22)20(26-4)17(23)9-12/h8-11,15,22-23H,5-7H2,1-4H3. The average Bonchev–Trinajstić information content (AvgIpc) is 2.62. The van der Waals surface area contributed by atoms with Crippen molar-refractivity contribution in [1.29, 1.82) is 0 Å². The number of phenols is 2. The highest BCUT2D eigenvalue weighted by atomic mass is 16.5. The van der Waals surface area contributed by atoms with E-state index in [2.05, 4.69) is 11.9 Å². The Morgan fingerprint density at radius 2 is 1.58 bits per heavy atom.